The molecule has 1 aliphatic rings. The van der Waals surface area contributed by atoms with E-state index in [1.165, 1.54) is 11.3 Å². The van der Waals surface area contributed by atoms with Gasteiger partial charge in [0.25, 0.3) is 5.91 Å². The molecule has 2 aromatic rings. The third-order valence-corrected chi connectivity index (χ3v) is 4.09. The first-order valence-electron chi connectivity index (χ1n) is 7.28. The van der Waals surface area contributed by atoms with Crippen LogP contribution in [0.15, 0.2) is 18.2 Å². The number of aromatic nitrogens is 2. The Bertz CT molecular complexity index is 703. The number of amides is 1. The highest BCUT2D eigenvalue weighted by Gasteiger charge is 2.18. The zero-order chi connectivity index (χ0) is 15.0. The van der Waals surface area contributed by atoms with E-state index >= 15 is 0 Å². The number of rotatable bonds is 4. The van der Waals surface area contributed by atoms with E-state index < -0.39 is 0 Å². The lowest BCUT2D eigenvalue weighted by Crippen LogP contribution is -2.12. The molecule has 1 aromatic carbocycles. The molecule has 5 nitrogen and oxygen atoms in total. The summed E-state index contributed by atoms with van der Waals surface area (Å²) in [5.74, 6) is 0.0137. The van der Waals surface area contributed by atoms with Crippen LogP contribution in [0.1, 0.15) is 39.8 Å². The number of fused-ring (bicyclic) bond motifs is 1. The second kappa shape index (κ2) is 5.24. The van der Waals surface area contributed by atoms with Crippen molar-refractivity contribution in [1.29, 1.82) is 0 Å². The monoisotopic (exact) mass is 284 g/mol. The number of hydrogen-bond acceptors (Lipinski definition) is 3. The molecular weight excluding hydrogens is 264 g/mol. The van der Waals surface area contributed by atoms with Gasteiger partial charge in [-0.25, -0.2) is 0 Å². The van der Waals surface area contributed by atoms with Crippen molar-refractivity contribution in [1.82, 2.24) is 15.1 Å². The fraction of sp³-hybridized carbons (Fsp3) is 0.375. The van der Waals surface area contributed by atoms with Crippen LogP contribution in [0, 0.1) is 13.8 Å². The Morgan fingerprint density at radius 2 is 2.19 bits per heavy atom. The molecule has 2 heterocycles. The van der Waals surface area contributed by atoms with Crippen molar-refractivity contribution < 1.29 is 4.79 Å². The summed E-state index contributed by atoms with van der Waals surface area (Å²) >= 11 is 0. The first kappa shape index (κ1) is 13.7. The summed E-state index contributed by atoms with van der Waals surface area (Å²) in [6, 6.07) is 5.95. The molecule has 0 atom stereocenters. The quantitative estimate of drug-likeness (QED) is 0.906. The van der Waals surface area contributed by atoms with Gasteiger partial charge < -0.3 is 10.6 Å². The Labute approximate surface area is 124 Å². The van der Waals surface area contributed by atoms with E-state index in [0.717, 1.165) is 35.6 Å². The molecule has 0 radical (unpaired) electrons. The number of hydrogen-bond donors (Lipinski definition) is 2. The maximum Gasteiger partial charge on any atom is 0.251 e. The van der Waals surface area contributed by atoms with Crippen molar-refractivity contribution in [3.63, 3.8) is 0 Å². The Morgan fingerprint density at radius 3 is 2.90 bits per heavy atom. The van der Waals surface area contributed by atoms with Gasteiger partial charge in [0.05, 0.1) is 5.69 Å². The van der Waals surface area contributed by atoms with Gasteiger partial charge in [-0.2, -0.15) is 5.10 Å². The molecule has 1 aliphatic heterocycles. The molecule has 110 valence electrons. The number of carbonyl (C=O) groups excluding carboxylic acids is 1. The van der Waals surface area contributed by atoms with Crippen molar-refractivity contribution in [2.75, 3.05) is 5.32 Å². The van der Waals surface area contributed by atoms with Crippen LogP contribution in [-0.4, -0.2) is 15.7 Å². The highest BCUT2D eigenvalue weighted by atomic mass is 16.1. The topological polar surface area (TPSA) is 59.0 Å². The van der Waals surface area contributed by atoms with Crippen molar-refractivity contribution >= 4 is 11.6 Å². The summed E-state index contributed by atoms with van der Waals surface area (Å²) < 4.78 is 2.02. The van der Waals surface area contributed by atoms with Gasteiger partial charge >= 0.3 is 0 Å². The van der Waals surface area contributed by atoms with Crippen LogP contribution in [0.5, 0.6) is 0 Å². The van der Waals surface area contributed by atoms with Gasteiger partial charge in [0, 0.05) is 42.1 Å². The number of nitrogens with one attached hydrogen (secondary N) is 2. The van der Waals surface area contributed by atoms with E-state index in [1.807, 2.05) is 29.8 Å². The van der Waals surface area contributed by atoms with Crippen LogP contribution in [0.25, 0.3) is 0 Å². The minimum Gasteiger partial charge on any atom is -0.381 e. The molecule has 0 bridgehead atoms. The third kappa shape index (κ3) is 2.39. The van der Waals surface area contributed by atoms with Gasteiger partial charge in [-0.1, -0.05) is 6.07 Å². The van der Waals surface area contributed by atoms with Gasteiger partial charge in [-0.05, 0) is 38.5 Å². The SMILES string of the molecule is CCn1nc(C)c(CNc2ccc3c(c2)C(=O)NC3)c1C. The average Bonchev–Trinajstić information content (AvgIpc) is 2.98. The Morgan fingerprint density at radius 1 is 1.38 bits per heavy atom. The summed E-state index contributed by atoms with van der Waals surface area (Å²) in [5.41, 5.74) is 6.28. The van der Waals surface area contributed by atoms with E-state index in [2.05, 4.69) is 29.6 Å². The molecule has 1 amide bonds. The summed E-state index contributed by atoms with van der Waals surface area (Å²) in [4.78, 5) is 11.7. The Balaban J connectivity index is 1.78. The van der Waals surface area contributed by atoms with Crippen LogP contribution >= 0.6 is 0 Å². The maximum atomic E-state index is 11.7. The van der Waals surface area contributed by atoms with E-state index in [1.54, 1.807) is 0 Å². The van der Waals surface area contributed by atoms with E-state index in [-0.39, 0.29) is 5.91 Å². The van der Waals surface area contributed by atoms with Gasteiger partial charge in [-0.15, -0.1) is 0 Å². The number of carbonyl (C=O) groups is 1. The standard InChI is InChI=1S/C16H20N4O/c1-4-20-11(3)15(10(2)19-20)9-17-13-6-5-12-8-18-16(21)14(12)7-13/h5-7,17H,4,8-9H2,1-3H3,(H,18,21). The first-order chi connectivity index (χ1) is 10.1. The normalized spacial score (nSPS) is 13.2. The minimum absolute atomic E-state index is 0.0137. The van der Waals surface area contributed by atoms with Gasteiger partial charge in [-0.3, -0.25) is 9.48 Å². The van der Waals surface area contributed by atoms with E-state index in [0.29, 0.717) is 6.54 Å². The van der Waals surface area contributed by atoms with Crippen LogP contribution in [0.3, 0.4) is 0 Å². The molecular formula is C16H20N4O. The average molecular weight is 284 g/mol. The van der Waals surface area contributed by atoms with Crippen molar-refractivity contribution in [2.24, 2.45) is 0 Å². The second-order valence-electron chi connectivity index (χ2n) is 5.37. The van der Waals surface area contributed by atoms with Gasteiger partial charge in [0.2, 0.25) is 0 Å². The summed E-state index contributed by atoms with van der Waals surface area (Å²) in [6.45, 7) is 8.46. The zero-order valence-electron chi connectivity index (χ0n) is 12.7. The number of anilines is 1. The van der Waals surface area contributed by atoms with Crippen molar-refractivity contribution in [3.05, 3.63) is 46.3 Å². The fourth-order valence-corrected chi connectivity index (χ4v) is 2.81. The number of benzene rings is 1. The molecule has 3 rings (SSSR count). The predicted octanol–water partition coefficient (Wildman–Crippen LogP) is 2.38. The first-order valence-corrected chi connectivity index (χ1v) is 7.28. The smallest absolute Gasteiger partial charge is 0.251 e. The van der Waals surface area contributed by atoms with Crippen molar-refractivity contribution in [2.45, 2.75) is 40.4 Å². The van der Waals surface area contributed by atoms with Crippen LogP contribution in [0.2, 0.25) is 0 Å². The van der Waals surface area contributed by atoms with Gasteiger partial charge in [0.15, 0.2) is 0 Å². The second-order valence-corrected chi connectivity index (χ2v) is 5.37. The molecule has 0 saturated heterocycles. The summed E-state index contributed by atoms with van der Waals surface area (Å²) in [5, 5.41) is 10.8. The maximum absolute atomic E-state index is 11.7. The van der Waals surface area contributed by atoms with Crippen LogP contribution < -0.4 is 10.6 Å². The third-order valence-electron chi connectivity index (χ3n) is 4.09. The molecule has 0 spiro atoms. The molecule has 1 aromatic heterocycles. The molecule has 5 heteroatoms. The molecule has 21 heavy (non-hydrogen) atoms. The summed E-state index contributed by atoms with van der Waals surface area (Å²) in [7, 11) is 0. The predicted molar refractivity (Wildman–Crippen MR) is 82.3 cm³/mol. The lowest BCUT2D eigenvalue weighted by atomic mass is 10.1. The number of aryl methyl sites for hydroxylation is 2. The number of nitrogens with zero attached hydrogens (tertiary/aromatic N) is 2. The van der Waals surface area contributed by atoms with Crippen LogP contribution in [0.4, 0.5) is 5.69 Å². The van der Waals surface area contributed by atoms with E-state index in [4.69, 9.17) is 0 Å². The minimum atomic E-state index is 0.0137. The highest BCUT2D eigenvalue weighted by Crippen LogP contribution is 2.21. The molecule has 2 N–H and O–H groups in total. The molecule has 0 fully saturated rings. The molecule has 0 unspecified atom stereocenters. The zero-order valence-corrected chi connectivity index (χ0v) is 12.7. The lowest BCUT2D eigenvalue weighted by molar-refractivity contribution is 0.0966. The van der Waals surface area contributed by atoms with Gasteiger partial charge in [0.1, 0.15) is 0 Å². The van der Waals surface area contributed by atoms with Crippen LogP contribution in [-0.2, 0) is 19.6 Å². The molecule has 0 saturated carbocycles. The fourth-order valence-electron chi connectivity index (χ4n) is 2.81. The lowest BCUT2D eigenvalue weighted by Gasteiger charge is -2.08. The molecule has 0 aliphatic carbocycles. The van der Waals surface area contributed by atoms with E-state index in [9.17, 15) is 4.79 Å². The Hall–Kier alpha value is -2.30. The highest BCUT2D eigenvalue weighted by molar-refractivity contribution is 5.99. The summed E-state index contributed by atoms with van der Waals surface area (Å²) in [6.07, 6.45) is 0. The largest absolute Gasteiger partial charge is 0.381 e. The Kier molecular flexibility index (Phi) is 3.41. The van der Waals surface area contributed by atoms with Crippen molar-refractivity contribution in [3.8, 4) is 0 Å².